The summed E-state index contributed by atoms with van der Waals surface area (Å²) >= 11 is 2.12. The standard InChI is InChI=1S/C8H15IO/c1-2-3-4-5-8(10)6-7-9/h6-8,10H,2-5H2,1H3. The highest BCUT2D eigenvalue weighted by molar-refractivity contribution is 14.1. The summed E-state index contributed by atoms with van der Waals surface area (Å²) in [5, 5.41) is 9.18. The monoisotopic (exact) mass is 254 g/mol. The molecule has 1 N–H and O–H groups in total. The van der Waals surface area contributed by atoms with Gasteiger partial charge in [-0.25, -0.2) is 0 Å². The number of halogens is 1. The van der Waals surface area contributed by atoms with Gasteiger partial charge in [-0.2, -0.15) is 0 Å². The van der Waals surface area contributed by atoms with Crippen LogP contribution in [0.15, 0.2) is 10.2 Å². The predicted octanol–water partition coefficient (Wildman–Crippen LogP) is 2.88. The van der Waals surface area contributed by atoms with Crippen LogP contribution in [-0.2, 0) is 0 Å². The van der Waals surface area contributed by atoms with Gasteiger partial charge in [-0.15, -0.1) is 0 Å². The second-order valence-electron chi connectivity index (χ2n) is 2.38. The van der Waals surface area contributed by atoms with Gasteiger partial charge >= 0.3 is 0 Å². The molecule has 0 aromatic rings. The van der Waals surface area contributed by atoms with Crippen molar-refractivity contribution in [3.63, 3.8) is 0 Å². The van der Waals surface area contributed by atoms with Gasteiger partial charge in [0.2, 0.25) is 0 Å². The molecule has 0 spiro atoms. The van der Waals surface area contributed by atoms with E-state index >= 15 is 0 Å². The average molecular weight is 254 g/mol. The van der Waals surface area contributed by atoms with Crippen molar-refractivity contribution in [2.75, 3.05) is 0 Å². The molecule has 0 radical (unpaired) electrons. The zero-order valence-corrected chi connectivity index (χ0v) is 8.54. The van der Waals surface area contributed by atoms with Crippen LogP contribution in [0.4, 0.5) is 0 Å². The molecule has 0 aromatic heterocycles. The number of aliphatic hydroxyl groups is 1. The minimum absolute atomic E-state index is 0.219. The SMILES string of the molecule is CCCCCC(O)C=CI. The van der Waals surface area contributed by atoms with E-state index in [4.69, 9.17) is 0 Å². The first-order valence-corrected chi connectivity index (χ1v) is 5.00. The molecule has 0 rings (SSSR count). The van der Waals surface area contributed by atoms with E-state index in [1.807, 2.05) is 10.2 Å². The second-order valence-corrected chi connectivity index (χ2v) is 3.10. The molecule has 0 bridgehead atoms. The van der Waals surface area contributed by atoms with Crippen LogP contribution in [0.2, 0.25) is 0 Å². The Balaban J connectivity index is 3.13. The summed E-state index contributed by atoms with van der Waals surface area (Å²) in [6.07, 6.45) is 6.11. The summed E-state index contributed by atoms with van der Waals surface area (Å²) in [4.78, 5) is 0. The van der Waals surface area contributed by atoms with Crippen molar-refractivity contribution in [3.05, 3.63) is 10.2 Å². The van der Waals surface area contributed by atoms with Crippen LogP contribution in [0.5, 0.6) is 0 Å². The summed E-state index contributed by atoms with van der Waals surface area (Å²) < 4.78 is 1.87. The molecule has 0 aliphatic rings. The molecule has 1 unspecified atom stereocenters. The molecular weight excluding hydrogens is 239 g/mol. The first kappa shape index (κ1) is 10.4. The summed E-state index contributed by atoms with van der Waals surface area (Å²) in [6.45, 7) is 2.17. The third-order valence-electron chi connectivity index (χ3n) is 1.40. The van der Waals surface area contributed by atoms with Crippen molar-refractivity contribution >= 4 is 22.6 Å². The second kappa shape index (κ2) is 7.54. The Kier molecular flexibility index (Phi) is 7.86. The van der Waals surface area contributed by atoms with Gasteiger partial charge in [-0.05, 0) is 10.5 Å². The maximum absolute atomic E-state index is 9.18. The van der Waals surface area contributed by atoms with Crippen LogP contribution in [0.25, 0.3) is 0 Å². The lowest BCUT2D eigenvalue weighted by atomic mass is 10.1. The zero-order valence-electron chi connectivity index (χ0n) is 6.39. The summed E-state index contributed by atoms with van der Waals surface area (Å²) in [5.74, 6) is 0. The summed E-state index contributed by atoms with van der Waals surface area (Å²) in [7, 11) is 0. The van der Waals surface area contributed by atoms with Gasteiger partial charge in [-0.3, -0.25) is 0 Å². The molecule has 10 heavy (non-hydrogen) atoms. The maximum atomic E-state index is 9.18. The van der Waals surface area contributed by atoms with Crippen molar-refractivity contribution in [2.24, 2.45) is 0 Å². The van der Waals surface area contributed by atoms with E-state index in [0.717, 1.165) is 12.8 Å². The van der Waals surface area contributed by atoms with Crippen LogP contribution >= 0.6 is 22.6 Å². The Hall–Kier alpha value is 0.430. The fraction of sp³-hybridized carbons (Fsp3) is 0.750. The van der Waals surface area contributed by atoms with Crippen LogP contribution in [0.1, 0.15) is 32.6 Å². The molecular formula is C8H15IO. The van der Waals surface area contributed by atoms with E-state index in [-0.39, 0.29) is 6.10 Å². The fourth-order valence-electron chi connectivity index (χ4n) is 0.784. The van der Waals surface area contributed by atoms with E-state index in [9.17, 15) is 5.11 Å². The van der Waals surface area contributed by atoms with Gasteiger partial charge in [0.05, 0.1) is 6.10 Å². The lowest BCUT2D eigenvalue weighted by Crippen LogP contribution is -2.00. The van der Waals surface area contributed by atoms with Crippen molar-refractivity contribution in [2.45, 2.75) is 38.7 Å². The smallest absolute Gasteiger partial charge is 0.0728 e. The average Bonchev–Trinajstić information content (AvgIpc) is 1.89. The largest absolute Gasteiger partial charge is 0.389 e. The minimum Gasteiger partial charge on any atom is -0.389 e. The molecule has 0 saturated heterocycles. The quantitative estimate of drug-likeness (QED) is 0.590. The third kappa shape index (κ3) is 6.55. The number of aliphatic hydroxyl groups excluding tert-OH is 1. The number of rotatable bonds is 5. The van der Waals surface area contributed by atoms with Gasteiger partial charge in [0.25, 0.3) is 0 Å². The Bertz CT molecular complexity index is 91.3. The Labute approximate surface area is 76.7 Å². The van der Waals surface area contributed by atoms with Crippen LogP contribution in [-0.4, -0.2) is 11.2 Å². The van der Waals surface area contributed by atoms with E-state index in [2.05, 4.69) is 29.5 Å². The van der Waals surface area contributed by atoms with Crippen molar-refractivity contribution in [3.8, 4) is 0 Å². The van der Waals surface area contributed by atoms with E-state index in [0.29, 0.717) is 0 Å². The Morgan fingerprint density at radius 2 is 2.20 bits per heavy atom. The molecule has 0 amide bonds. The van der Waals surface area contributed by atoms with Crippen LogP contribution in [0, 0.1) is 0 Å². The summed E-state index contributed by atoms with van der Waals surface area (Å²) in [5.41, 5.74) is 0. The number of unbranched alkanes of at least 4 members (excludes halogenated alkanes) is 2. The number of hydrogen-bond donors (Lipinski definition) is 1. The Morgan fingerprint density at radius 1 is 1.50 bits per heavy atom. The molecule has 1 nitrogen and oxygen atoms in total. The molecule has 1 atom stereocenters. The molecule has 0 aliphatic heterocycles. The topological polar surface area (TPSA) is 20.2 Å². The van der Waals surface area contributed by atoms with Crippen LogP contribution in [0.3, 0.4) is 0 Å². The lowest BCUT2D eigenvalue weighted by Gasteiger charge is -2.02. The highest BCUT2D eigenvalue weighted by Crippen LogP contribution is 2.04. The van der Waals surface area contributed by atoms with Gasteiger partial charge in [0.1, 0.15) is 0 Å². The number of hydrogen-bond acceptors (Lipinski definition) is 1. The van der Waals surface area contributed by atoms with Crippen molar-refractivity contribution in [1.82, 2.24) is 0 Å². The van der Waals surface area contributed by atoms with Gasteiger partial charge in [-0.1, -0.05) is 54.9 Å². The maximum Gasteiger partial charge on any atom is 0.0728 e. The Morgan fingerprint density at radius 3 is 2.70 bits per heavy atom. The molecule has 60 valence electrons. The normalized spacial score (nSPS) is 14.3. The first-order chi connectivity index (χ1) is 4.81. The molecule has 0 fully saturated rings. The van der Waals surface area contributed by atoms with Gasteiger partial charge < -0.3 is 5.11 Å². The van der Waals surface area contributed by atoms with Gasteiger partial charge in [0, 0.05) is 0 Å². The third-order valence-corrected chi connectivity index (χ3v) is 1.81. The van der Waals surface area contributed by atoms with Crippen molar-refractivity contribution in [1.29, 1.82) is 0 Å². The molecule has 0 heterocycles. The highest BCUT2D eigenvalue weighted by atomic mass is 127. The van der Waals surface area contributed by atoms with E-state index in [1.165, 1.54) is 12.8 Å². The summed E-state index contributed by atoms with van der Waals surface area (Å²) in [6, 6.07) is 0. The lowest BCUT2D eigenvalue weighted by molar-refractivity contribution is 0.208. The van der Waals surface area contributed by atoms with Gasteiger partial charge in [0.15, 0.2) is 0 Å². The molecule has 0 saturated carbocycles. The first-order valence-electron chi connectivity index (χ1n) is 3.76. The fourth-order valence-corrected chi connectivity index (χ4v) is 1.26. The van der Waals surface area contributed by atoms with E-state index < -0.39 is 0 Å². The molecule has 2 heteroatoms. The molecule has 0 aromatic carbocycles. The van der Waals surface area contributed by atoms with Crippen molar-refractivity contribution < 1.29 is 5.11 Å². The minimum atomic E-state index is -0.219. The zero-order chi connectivity index (χ0) is 7.82. The predicted molar refractivity (Wildman–Crippen MR) is 53.3 cm³/mol. The van der Waals surface area contributed by atoms with E-state index in [1.54, 1.807) is 0 Å². The van der Waals surface area contributed by atoms with Crippen LogP contribution < -0.4 is 0 Å². The molecule has 0 aliphatic carbocycles. The highest BCUT2D eigenvalue weighted by Gasteiger charge is 1.96.